The minimum absolute atomic E-state index is 0.205. The number of thiol groups is 1. The molecule has 0 aromatic carbocycles. The van der Waals surface area contributed by atoms with Crippen LogP contribution in [0, 0.1) is 5.92 Å². The Labute approximate surface area is 100 Å². The average molecular weight is 244 g/mol. The topological polar surface area (TPSA) is 72.6 Å². The molecule has 0 spiro atoms. The van der Waals surface area contributed by atoms with Crippen LogP contribution in [0.2, 0.25) is 0 Å². The van der Waals surface area contributed by atoms with Gasteiger partial charge in [0.05, 0.1) is 7.11 Å². The summed E-state index contributed by atoms with van der Waals surface area (Å²) in [4.78, 5) is 24.2. The van der Waals surface area contributed by atoms with Gasteiger partial charge >= 0.3 is 6.09 Å². The summed E-state index contributed by atoms with van der Waals surface area (Å²) < 4.78 is 4.63. The van der Waals surface area contributed by atoms with Crippen molar-refractivity contribution < 1.29 is 14.3 Å². The van der Waals surface area contributed by atoms with E-state index in [9.17, 15) is 9.59 Å². The number of amides is 2. The lowest BCUT2D eigenvalue weighted by atomic mass is 9.96. The van der Waals surface area contributed by atoms with E-state index in [-0.39, 0.29) is 12.0 Å². The molecule has 0 saturated carbocycles. The minimum Gasteiger partial charge on any atom is -0.453 e. The Balaban J connectivity index is 2.49. The van der Waals surface area contributed by atoms with E-state index >= 15 is 0 Å². The maximum atomic E-state index is 11.2. The maximum absolute atomic E-state index is 11.2. The van der Waals surface area contributed by atoms with Crippen LogP contribution < -0.4 is 5.73 Å². The molecule has 5 nitrogen and oxygen atoms in total. The second-order valence-corrected chi connectivity index (χ2v) is 4.22. The van der Waals surface area contributed by atoms with E-state index in [1.165, 1.54) is 13.2 Å². The first-order chi connectivity index (χ1) is 7.54. The number of rotatable bonds is 2. The van der Waals surface area contributed by atoms with Gasteiger partial charge < -0.3 is 15.4 Å². The number of carbonyl (C=O) groups excluding carboxylic acids is 2. The molecule has 1 fully saturated rings. The molecular formula is C10H16N2O3S. The van der Waals surface area contributed by atoms with E-state index in [0.29, 0.717) is 18.0 Å². The lowest BCUT2D eigenvalue weighted by molar-refractivity contribution is -0.113. The van der Waals surface area contributed by atoms with E-state index in [0.717, 1.165) is 12.8 Å². The molecule has 1 rings (SSSR count). The predicted octanol–water partition coefficient (Wildman–Crippen LogP) is 0.764. The summed E-state index contributed by atoms with van der Waals surface area (Å²) in [5, 5.41) is 0. The van der Waals surface area contributed by atoms with Crippen LogP contribution in [0.4, 0.5) is 4.79 Å². The summed E-state index contributed by atoms with van der Waals surface area (Å²) in [6.07, 6.45) is 2.58. The zero-order chi connectivity index (χ0) is 12.1. The van der Waals surface area contributed by atoms with E-state index in [1.807, 2.05) is 0 Å². The summed E-state index contributed by atoms with van der Waals surface area (Å²) in [6, 6.07) is 0. The Bertz CT molecular complexity index is 309. The molecule has 0 bridgehead atoms. The molecular weight excluding hydrogens is 228 g/mol. The first-order valence-corrected chi connectivity index (χ1v) is 5.52. The van der Waals surface area contributed by atoms with Gasteiger partial charge in [-0.1, -0.05) is 0 Å². The Kier molecular flexibility index (Phi) is 4.67. The fourth-order valence-corrected chi connectivity index (χ4v) is 2.14. The summed E-state index contributed by atoms with van der Waals surface area (Å²) in [6.45, 7) is 1.24. The smallest absolute Gasteiger partial charge is 0.409 e. The van der Waals surface area contributed by atoms with Gasteiger partial charge in [-0.05, 0) is 23.7 Å². The molecule has 0 aromatic heterocycles. The zero-order valence-corrected chi connectivity index (χ0v) is 10.1. The summed E-state index contributed by atoms with van der Waals surface area (Å²) in [5.74, 6) is -0.280. The van der Waals surface area contributed by atoms with Crippen molar-refractivity contribution in [3.05, 3.63) is 11.0 Å². The third kappa shape index (κ3) is 3.44. The lowest BCUT2D eigenvalue weighted by Gasteiger charge is -2.30. The first-order valence-electron chi connectivity index (χ1n) is 5.07. The number of primary amides is 1. The molecule has 1 heterocycles. The zero-order valence-electron chi connectivity index (χ0n) is 9.18. The molecule has 1 aliphatic heterocycles. The van der Waals surface area contributed by atoms with Crippen LogP contribution in [0.25, 0.3) is 0 Å². The van der Waals surface area contributed by atoms with Crippen LogP contribution >= 0.6 is 12.6 Å². The fraction of sp³-hybridized carbons (Fsp3) is 0.600. The minimum atomic E-state index is -0.486. The molecule has 2 N–H and O–H groups in total. The van der Waals surface area contributed by atoms with Crippen LogP contribution in [-0.2, 0) is 9.53 Å². The number of ether oxygens (including phenoxy) is 1. The van der Waals surface area contributed by atoms with Crippen molar-refractivity contribution >= 4 is 24.6 Å². The number of allylic oxidation sites excluding steroid dienone is 1. The van der Waals surface area contributed by atoms with Crippen LogP contribution in [0.5, 0.6) is 0 Å². The van der Waals surface area contributed by atoms with Gasteiger partial charge in [-0.15, -0.1) is 12.6 Å². The Morgan fingerprint density at radius 3 is 2.44 bits per heavy atom. The molecule has 1 aliphatic rings. The normalized spacial score (nSPS) is 18.4. The van der Waals surface area contributed by atoms with Gasteiger partial charge in [0.25, 0.3) is 0 Å². The Hall–Kier alpha value is -1.17. The summed E-state index contributed by atoms with van der Waals surface area (Å²) in [7, 11) is 1.37. The number of likely N-dealkylation sites (tertiary alicyclic amines) is 1. The van der Waals surface area contributed by atoms with Gasteiger partial charge in [-0.25, -0.2) is 4.79 Å². The number of hydrogen-bond donors (Lipinski definition) is 2. The molecule has 0 radical (unpaired) electrons. The summed E-state index contributed by atoms with van der Waals surface area (Å²) >= 11 is 4.24. The number of carbonyl (C=O) groups is 2. The van der Waals surface area contributed by atoms with Gasteiger partial charge in [-0.2, -0.15) is 0 Å². The molecule has 0 atom stereocenters. The standard InChI is InChI=1S/C10H16N2O3S/c1-15-10(14)12-4-2-7(3-5-12)8(16)6-9(11)13/h6-7,16H,2-5H2,1H3,(H2,11,13)/b8-6-. The van der Waals surface area contributed by atoms with Crippen molar-refractivity contribution in [1.82, 2.24) is 4.90 Å². The SMILES string of the molecule is COC(=O)N1CCC(/C(S)=C/C(N)=O)CC1. The number of piperidine rings is 1. The van der Waals surface area contributed by atoms with Crippen molar-refractivity contribution in [2.75, 3.05) is 20.2 Å². The molecule has 90 valence electrons. The highest BCUT2D eigenvalue weighted by Gasteiger charge is 2.24. The Morgan fingerprint density at radius 2 is 2.00 bits per heavy atom. The third-order valence-electron chi connectivity index (χ3n) is 2.64. The molecule has 2 amide bonds. The Morgan fingerprint density at radius 1 is 1.44 bits per heavy atom. The molecule has 1 saturated heterocycles. The predicted molar refractivity (Wildman–Crippen MR) is 63.0 cm³/mol. The molecule has 0 aromatic rings. The highest BCUT2D eigenvalue weighted by atomic mass is 32.1. The highest BCUT2D eigenvalue weighted by molar-refractivity contribution is 7.84. The fourth-order valence-electron chi connectivity index (χ4n) is 1.75. The van der Waals surface area contributed by atoms with Gasteiger partial charge in [0.1, 0.15) is 0 Å². The second kappa shape index (κ2) is 5.79. The molecule has 0 unspecified atom stereocenters. The van der Waals surface area contributed by atoms with E-state index in [1.54, 1.807) is 4.90 Å². The van der Waals surface area contributed by atoms with Gasteiger partial charge in [0.15, 0.2) is 0 Å². The average Bonchev–Trinajstić information content (AvgIpc) is 2.27. The monoisotopic (exact) mass is 244 g/mol. The molecule has 0 aliphatic carbocycles. The van der Waals surface area contributed by atoms with Crippen LogP contribution in [0.1, 0.15) is 12.8 Å². The highest BCUT2D eigenvalue weighted by Crippen LogP contribution is 2.26. The van der Waals surface area contributed by atoms with Crippen LogP contribution in [0.3, 0.4) is 0 Å². The number of hydrogen-bond acceptors (Lipinski definition) is 4. The molecule has 6 heteroatoms. The second-order valence-electron chi connectivity index (χ2n) is 3.70. The van der Waals surface area contributed by atoms with Crippen LogP contribution in [0.15, 0.2) is 11.0 Å². The lowest BCUT2D eigenvalue weighted by Crippen LogP contribution is -2.38. The maximum Gasteiger partial charge on any atom is 0.409 e. The van der Waals surface area contributed by atoms with E-state index < -0.39 is 5.91 Å². The largest absolute Gasteiger partial charge is 0.453 e. The third-order valence-corrected chi connectivity index (χ3v) is 3.13. The van der Waals surface area contributed by atoms with Crippen molar-refractivity contribution in [3.63, 3.8) is 0 Å². The number of nitrogens with two attached hydrogens (primary N) is 1. The van der Waals surface area contributed by atoms with Gasteiger partial charge in [0, 0.05) is 19.2 Å². The van der Waals surface area contributed by atoms with Crippen molar-refractivity contribution in [1.29, 1.82) is 0 Å². The van der Waals surface area contributed by atoms with Gasteiger partial charge in [-0.3, -0.25) is 4.79 Å². The quantitative estimate of drug-likeness (QED) is 0.556. The molecule has 16 heavy (non-hydrogen) atoms. The number of nitrogens with zero attached hydrogens (tertiary/aromatic N) is 1. The summed E-state index contributed by atoms with van der Waals surface area (Å²) in [5.41, 5.74) is 5.05. The van der Waals surface area contributed by atoms with Crippen molar-refractivity contribution in [2.45, 2.75) is 12.8 Å². The van der Waals surface area contributed by atoms with Crippen molar-refractivity contribution in [3.8, 4) is 0 Å². The van der Waals surface area contributed by atoms with Gasteiger partial charge in [0.2, 0.25) is 5.91 Å². The van der Waals surface area contributed by atoms with Crippen LogP contribution in [-0.4, -0.2) is 37.1 Å². The van der Waals surface area contributed by atoms with Crippen molar-refractivity contribution in [2.24, 2.45) is 11.7 Å². The van der Waals surface area contributed by atoms with E-state index in [2.05, 4.69) is 17.4 Å². The number of methoxy groups -OCH3 is 1. The first kappa shape index (κ1) is 12.9. The van der Waals surface area contributed by atoms with E-state index in [4.69, 9.17) is 5.73 Å².